The zero-order chi connectivity index (χ0) is 17.9. The number of carbonyl (C=O) groups excluding carboxylic acids is 1. The van der Waals surface area contributed by atoms with Crippen LogP contribution in [0.4, 0.5) is 5.69 Å². The molecule has 7 heteroatoms. The third-order valence-electron chi connectivity index (χ3n) is 3.91. The van der Waals surface area contributed by atoms with E-state index in [-0.39, 0.29) is 17.2 Å². The van der Waals surface area contributed by atoms with Crippen LogP contribution in [0.25, 0.3) is 0 Å². The van der Waals surface area contributed by atoms with Gasteiger partial charge in [-0.05, 0) is 38.0 Å². The molecule has 0 atom stereocenters. The molecule has 1 heterocycles. The largest absolute Gasteiger partial charge is 0.461 e. The van der Waals surface area contributed by atoms with Gasteiger partial charge in [0.1, 0.15) is 10.6 Å². The third kappa shape index (κ3) is 3.46. The van der Waals surface area contributed by atoms with Crippen molar-refractivity contribution >= 4 is 21.7 Å². The van der Waals surface area contributed by atoms with Gasteiger partial charge in [-0.1, -0.05) is 25.1 Å². The Bertz CT molecular complexity index is 853. The quantitative estimate of drug-likeness (QED) is 0.813. The minimum Gasteiger partial charge on any atom is -0.461 e. The van der Waals surface area contributed by atoms with Gasteiger partial charge in [0.2, 0.25) is 0 Å². The molecule has 0 bridgehead atoms. The van der Waals surface area contributed by atoms with Crippen LogP contribution in [0.2, 0.25) is 0 Å². The maximum Gasteiger partial charge on any atom is 0.354 e. The summed E-state index contributed by atoms with van der Waals surface area (Å²) in [6.45, 7) is 5.55. The van der Waals surface area contributed by atoms with Crippen molar-refractivity contribution in [1.82, 2.24) is 4.57 Å². The molecule has 0 saturated carbocycles. The maximum absolute atomic E-state index is 12.8. The van der Waals surface area contributed by atoms with Crippen LogP contribution < -0.4 is 4.72 Å². The number of benzene rings is 1. The molecule has 0 aliphatic carbocycles. The molecule has 0 amide bonds. The molecule has 0 saturated heterocycles. The number of hydrogen-bond donors (Lipinski definition) is 1. The molecule has 2 rings (SSSR count). The minimum atomic E-state index is -3.81. The van der Waals surface area contributed by atoms with Crippen molar-refractivity contribution in [2.45, 2.75) is 32.1 Å². The van der Waals surface area contributed by atoms with Gasteiger partial charge < -0.3 is 9.30 Å². The molecule has 0 aliphatic heterocycles. The second-order valence-corrected chi connectivity index (χ2v) is 7.03. The summed E-state index contributed by atoms with van der Waals surface area (Å²) in [5.41, 5.74) is 2.12. The van der Waals surface area contributed by atoms with E-state index in [2.05, 4.69) is 4.72 Å². The predicted molar refractivity (Wildman–Crippen MR) is 92.7 cm³/mol. The number of aromatic nitrogens is 1. The number of nitrogens with one attached hydrogen (secondary N) is 1. The van der Waals surface area contributed by atoms with E-state index in [4.69, 9.17) is 4.74 Å². The number of hydrogen-bond acceptors (Lipinski definition) is 4. The SMILES string of the molecule is CCOC(=O)c1cc(S(=O)(=O)Nc2ccccc2CC)c(C)n1C. The van der Waals surface area contributed by atoms with Crippen LogP contribution in [-0.2, 0) is 28.2 Å². The Morgan fingerprint density at radius 2 is 1.92 bits per heavy atom. The summed E-state index contributed by atoms with van der Waals surface area (Å²) in [5.74, 6) is -0.543. The molecule has 1 aromatic carbocycles. The number of esters is 1. The van der Waals surface area contributed by atoms with Crippen molar-refractivity contribution < 1.29 is 17.9 Å². The summed E-state index contributed by atoms with van der Waals surface area (Å²) >= 11 is 0. The van der Waals surface area contributed by atoms with Gasteiger partial charge in [-0.25, -0.2) is 13.2 Å². The van der Waals surface area contributed by atoms with Crippen LogP contribution in [0.15, 0.2) is 35.2 Å². The topological polar surface area (TPSA) is 77.4 Å². The average molecular weight is 350 g/mol. The normalized spacial score (nSPS) is 11.3. The van der Waals surface area contributed by atoms with Crippen LogP contribution in [0, 0.1) is 6.92 Å². The fraction of sp³-hybridized carbons (Fsp3) is 0.353. The van der Waals surface area contributed by atoms with Gasteiger partial charge in [0, 0.05) is 12.7 Å². The van der Waals surface area contributed by atoms with Gasteiger partial charge in [-0.2, -0.15) is 0 Å². The lowest BCUT2D eigenvalue weighted by molar-refractivity contribution is 0.0515. The number of sulfonamides is 1. The molecule has 0 spiro atoms. The van der Waals surface area contributed by atoms with E-state index in [9.17, 15) is 13.2 Å². The second kappa shape index (κ2) is 7.09. The lowest BCUT2D eigenvalue weighted by Crippen LogP contribution is -2.15. The molecule has 130 valence electrons. The molecule has 1 aromatic heterocycles. The number of anilines is 1. The summed E-state index contributed by atoms with van der Waals surface area (Å²) in [6.07, 6.45) is 0.709. The molecule has 0 aliphatic rings. The van der Waals surface area contributed by atoms with Gasteiger partial charge in [0.25, 0.3) is 10.0 Å². The van der Waals surface area contributed by atoms with Crippen molar-refractivity contribution in [3.05, 3.63) is 47.3 Å². The Hall–Kier alpha value is -2.28. The van der Waals surface area contributed by atoms with Gasteiger partial charge in [0.15, 0.2) is 0 Å². The minimum absolute atomic E-state index is 0.0685. The number of aryl methyl sites for hydroxylation is 1. The first-order chi connectivity index (χ1) is 11.3. The Morgan fingerprint density at radius 3 is 2.54 bits per heavy atom. The molecule has 0 radical (unpaired) electrons. The van der Waals surface area contributed by atoms with Crippen LogP contribution >= 0.6 is 0 Å². The zero-order valence-corrected chi connectivity index (χ0v) is 15.1. The molecular formula is C17H22N2O4S. The van der Waals surface area contributed by atoms with Crippen LogP contribution in [0.5, 0.6) is 0 Å². The van der Waals surface area contributed by atoms with E-state index in [0.717, 1.165) is 5.56 Å². The van der Waals surface area contributed by atoms with E-state index < -0.39 is 16.0 Å². The first-order valence-electron chi connectivity index (χ1n) is 7.76. The summed E-state index contributed by atoms with van der Waals surface area (Å²) < 4.78 is 34.6. The van der Waals surface area contributed by atoms with Crippen LogP contribution in [0.3, 0.4) is 0 Å². The fourth-order valence-corrected chi connectivity index (χ4v) is 3.86. The van der Waals surface area contributed by atoms with E-state index in [1.165, 1.54) is 10.6 Å². The fourth-order valence-electron chi connectivity index (χ4n) is 2.47. The Morgan fingerprint density at radius 1 is 1.25 bits per heavy atom. The molecule has 2 aromatic rings. The number of nitrogens with zero attached hydrogens (tertiary/aromatic N) is 1. The number of rotatable bonds is 6. The van der Waals surface area contributed by atoms with E-state index in [1.807, 2.05) is 19.1 Å². The van der Waals surface area contributed by atoms with Crippen molar-refractivity contribution in [2.24, 2.45) is 7.05 Å². The van der Waals surface area contributed by atoms with E-state index >= 15 is 0 Å². The van der Waals surface area contributed by atoms with Gasteiger partial charge in [-0.15, -0.1) is 0 Å². The van der Waals surface area contributed by atoms with Crippen molar-refractivity contribution in [3.8, 4) is 0 Å². The Kier molecular flexibility index (Phi) is 5.33. The molecule has 24 heavy (non-hydrogen) atoms. The highest BCUT2D eigenvalue weighted by Crippen LogP contribution is 2.25. The van der Waals surface area contributed by atoms with Gasteiger partial charge >= 0.3 is 5.97 Å². The third-order valence-corrected chi connectivity index (χ3v) is 5.39. The highest BCUT2D eigenvalue weighted by Gasteiger charge is 2.25. The van der Waals surface area contributed by atoms with Crippen molar-refractivity contribution in [1.29, 1.82) is 0 Å². The lowest BCUT2D eigenvalue weighted by atomic mass is 10.1. The second-order valence-electron chi connectivity index (χ2n) is 5.37. The summed E-state index contributed by atoms with van der Waals surface area (Å²) in [7, 11) is -2.17. The summed E-state index contributed by atoms with van der Waals surface area (Å²) in [5, 5.41) is 0. The lowest BCUT2D eigenvalue weighted by Gasteiger charge is -2.11. The first kappa shape index (κ1) is 18.1. The average Bonchev–Trinajstić information content (AvgIpc) is 2.84. The molecule has 1 N–H and O–H groups in total. The molecule has 6 nitrogen and oxygen atoms in total. The van der Waals surface area contributed by atoms with Crippen LogP contribution in [-0.4, -0.2) is 25.6 Å². The van der Waals surface area contributed by atoms with E-state index in [0.29, 0.717) is 17.8 Å². The predicted octanol–water partition coefficient (Wildman–Crippen LogP) is 2.87. The molecular weight excluding hydrogens is 328 g/mol. The Labute approximate surface area is 142 Å². The molecule has 0 unspecified atom stereocenters. The summed E-state index contributed by atoms with van der Waals surface area (Å²) in [6, 6.07) is 8.59. The maximum atomic E-state index is 12.8. The monoisotopic (exact) mass is 350 g/mol. The highest BCUT2D eigenvalue weighted by atomic mass is 32.2. The zero-order valence-electron chi connectivity index (χ0n) is 14.3. The van der Waals surface area contributed by atoms with E-state index in [1.54, 1.807) is 33.0 Å². The van der Waals surface area contributed by atoms with Crippen molar-refractivity contribution in [3.63, 3.8) is 0 Å². The number of ether oxygens (including phenoxy) is 1. The van der Waals surface area contributed by atoms with Gasteiger partial charge in [-0.3, -0.25) is 4.72 Å². The molecule has 0 fully saturated rings. The smallest absolute Gasteiger partial charge is 0.354 e. The number of para-hydroxylation sites is 1. The van der Waals surface area contributed by atoms with Crippen molar-refractivity contribution in [2.75, 3.05) is 11.3 Å². The highest BCUT2D eigenvalue weighted by molar-refractivity contribution is 7.92. The summed E-state index contributed by atoms with van der Waals surface area (Å²) in [4.78, 5) is 12.0. The van der Waals surface area contributed by atoms with Crippen LogP contribution in [0.1, 0.15) is 35.6 Å². The first-order valence-corrected chi connectivity index (χ1v) is 9.24. The number of carbonyl (C=O) groups is 1. The standard InChI is InChI=1S/C17H22N2O4S/c1-5-13-9-7-8-10-14(13)18-24(21,22)16-11-15(17(20)23-6-2)19(4)12(16)3/h7-11,18H,5-6H2,1-4H3. The van der Waals surface area contributed by atoms with Gasteiger partial charge in [0.05, 0.1) is 12.3 Å². The Balaban J connectivity index is 2.43.